The molecule has 2 unspecified atom stereocenters. The maximum atomic E-state index is 14.2. The smallest absolute Gasteiger partial charge is 0.295 e. The van der Waals surface area contributed by atoms with Crippen LogP contribution in [0.1, 0.15) is 35.4 Å². The summed E-state index contributed by atoms with van der Waals surface area (Å²) in [4.78, 5) is 23.1. The fourth-order valence-corrected chi connectivity index (χ4v) is 3.43. The van der Waals surface area contributed by atoms with Crippen LogP contribution in [0.4, 0.5) is 14.6 Å². The number of imidazole rings is 1. The maximum Gasteiger partial charge on any atom is 0.295 e. The van der Waals surface area contributed by atoms with E-state index in [2.05, 4.69) is 15.6 Å². The van der Waals surface area contributed by atoms with Crippen molar-refractivity contribution in [2.75, 3.05) is 18.1 Å². The molecule has 4 rings (SSSR count). The zero-order valence-electron chi connectivity index (χ0n) is 15.2. The molecule has 28 heavy (non-hydrogen) atoms. The summed E-state index contributed by atoms with van der Waals surface area (Å²) in [5, 5.41) is 4.48. The molecule has 1 saturated heterocycles. The highest BCUT2D eigenvalue weighted by Gasteiger charge is 2.34. The molecule has 1 aliphatic rings. The number of amides is 1. The second-order valence-electron chi connectivity index (χ2n) is 6.53. The molecule has 1 aliphatic heterocycles. The van der Waals surface area contributed by atoms with E-state index >= 15 is 0 Å². The highest BCUT2D eigenvalue weighted by molar-refractivity contribution is 5.92. The van der Waals surface area contributed by atoms with Gasteiger partial charge in [0, 0.05) is 6.42 Å². The van der Waals surface area contributed by atoms with Crippen LogP contribution in [-0.2, 0) is 4.84 Å². The molecular formula is C19H19F2N5O2. The van der Waals surface area contributed by atoms with E-state index in [0.29, 0.717) is 23.6 Å². The normalized spacial score (nSPS) is 19.3. The number of aromatic nitrogens is 3. The van der Waals surface area contributed by atoms with Crippen LogP contribution in [0.25, 0.3) is 5.65 Å². The van der Waals surface area contributed by atoms with Gasteiger partial charge in [-0.1, -0.05) is 12.1 Å². The lowest BCUT2D eigenvalue weighted by molar-refractivity contribution is 0.0358. The van der Waals surface area contributed by atoms with E-state index in [4.69, 9.17) is 4.84 Å². The summed E-state index contributed by atoms with van der Waals surface area (Å²) in [6.45, 7) is 2.20. The van der Waals surface area contributed by atoms with Crippen molar-refractivity contribution in [3.63, 3.8) is 0 Å². The Kier molecular flexibility index (Phi) is 4.91. The van der Waals surface area contributed by atoms with Crippen LogP contribution in [0.15, 0.2) is 42.6 Å². The molecular weight excluding hydrogens is 368 g/mol. The van der Waals surface area contributed by atoms with Crippen molar-refractivity contribution < 1.29 is 18.4 Å². The third kappa shape index (κ3) is 3.40. The van der Waals surface area contributed by atoms with Crippen molar-refractivity contribution in [1.29, 1.82) is 0 Å². The number of hydroxylamine groups is 1. The summed E-state index contributed by atoms with van der Waals surface area (Å²) < 4.78 is 29.3. The van der Waals surface area contributed by atoms with Crippen LogP contribution in [-0.4, -0.2) is 39.8 Å². The molecule has 1 N–H and O–H groups in total. The number of hydrogen-bond donors (Lipinski definition) is 1. The number of fused-ring (bicyclic) bond motifs is 1. The maximum absolute atomic E-state index is 14.2. The van der Waals surface area contributed by atoms with Crippen molar-refractivity contribution in [2.45, 2.75) is 25.6 Å². The number of halogens is 2. The number of carbonyl (C=O) groups excluding carboxylic acids is 1. The Morgan fingerprint density at radius 1 is 1.36 bits per heavy atom. The molecule has 0 spiro atoms. The van der Waals surface area contributed by atoms with Gasteiger partial charge in [0.15, 0.2) is 11.3 Å². The molecule has 0 bridgehead atoms. The Morgan fingerprint density at radius 3 is 3.00 bits per heavy atom. The summed E-state index contributed by atoms with van der Waals surface area (Å²) >= 11 is 0. The first kappa shape index (κ1) is 18.3. The summed E-state index contributed by atoms with van der Waals surface area (Å²) in [6.07, 6.45) is 0.575. The number of hydrogen-bond acceptors (Lipinski definition) is 5. The van der Waals surface area contributed by atoms with Gasteiger partial charge in [0.05, 0.1) is 25.4 Å². The van der Waals surface area contributed by atoms with E-state index in [9.17, 15) is 13.6 Å². The van der Waals surface area contributed by atoms with Crippen molar-refractivity contribution in [2.24, 2.45) is 0 Å². The molecule has 2 aromatic heterocycles. The van der Waals surface area contributed by atoms with E-state index in [1.807, 2.05) is 0 Å². The predicted octanol–water partition coefficient (Wildman–Crippen LogP) is 2.84. The van der Waals surface area contributed by atoms with Crippen LogP contribution in [0.5, 0.6) is 0 Å². The van der Waals surface area contributed by atoms with Gasteiger partial charge in [-0.15, -0.1) is 5.10 Å². The predicted molar refractivity (Wildman–Crippen MR) is 98.1 cm³/mol. The molecule has 0 radical (unpaired) electrons. The summed E-state index contributed by atoms with van der Waals surface area (Å²) in [5.41, 5.74) is 3.66. The summed E-state index contributed by atoms with van der Waals surface area (Å²) in [6, 6.07) is 9.22. The average Bonchev–Trinajstić information content (AvgIpc) is 3.29. The molecule has 1 amide bonds. The lowest BCUT2D eigenvalue weighted by atomic mass is 10.0. The van der Waals surface area contributed by atoms with Gasteiger partial charge < -0.3 is 4.90 Å². The summed E-state index contributed by atoms with van der Waals surface area (Å²) in [5.74, 6) is -0.372. The van der Waals surface area contributed by atoms with Crippen LogP contribution in [0, 0.1) is 5.82 Å². The zero-order valence-corrected chi connectivity index (χ0v) is 15.2. The topological polar surface area (TPSA) is 71.8 Å². The van der Waals surface area contributed by atoms with Gasteiger partial charge >= 0.3 is 0 Å². The first-order chi connectivity index (χ1) is 13.6. The number of anilines is 1. The molecule has 146 valence electrons. The molecule has 3 heterocycles. The molecule has 0 saturated carbocycles. The molecule has 9 heteroatoms. The Morgan fingerprint density at radius 2 is 2.21 bits per heavy atom. The fourth-order valence-electron chi connectivity index (χ4n) is 3.43. The number of carbonyl (C=O) groups is 1. The van der Waals surface area contributed by atoms with E-state index < -0.39 is 12.1 Å². The highest BCUT2D eigenvalue weighted by Crippen LogP contribution is 2.36. The van der Waals surface area contributed by atoms with Crippen molar-refractivity contribution in [3.8, 4) is 0 Å². The number of nitrogens with zero attached hydrogens (tertiary/aromatic N) is 4. The molecule has 1 fully saturated rings. The Hall–Kier alpha value is -3.07. The van der Waals surface area contributed by atoms with E-state index in [1.54, 1.807) is 36.1 Å². The first-order valence-corrected chi connectivity index (χ1v) is 9.00. The van der Waals surface area contributed by atoms with Crippen LogP contribution in [0.2, 0.25) is 0 Å². The van der Waals surface area contributed by atoms with E-state index in [1.165, 1.54) is 22.8 Å². The highest BCUT2D eigenvalue weighted by atomic mass is 19.1. The monoisotopic (exact) mass is 387 g/mol. The van der Waals surface area contributed by atoms with E-state index in [-0.39, 0.29) is 30.5 Å². The van der Waals surface area contributed by atoms with Gasteiger partial charge in [-0.3, -0.25) is 9.63 Å². The minimum atomic E-state index is -1.06. The number of benzene rings is 1. The lowest BCUT2D eigenvalue weighted by Gasteiger charge is -2.25. The molecule has 3 aromatic rings. The third-order valence-electron chi connectivity index (χ3n) is 4.67. The lowest BCUT2D eigenvalue weighted by Crippen LogP contribution is -2.27. The average molecular weight is 387 g/mol. The Bertz CT molecular complexity index is 1010. The number of alkyl halides is 1. The van der Waals surface area contributed by atoms with Gasteiger partial charge in [0.1, 0.15) is 17.8 Å². The number of nitrogens with one attached hydrogen (secondary N) is 1. The van der Waals surface area contributed by atoms with Crippen LogP contribution < -0.4 is 10.4 Å². The standard InChI is InChI=1S/C19H19F2N5O2/c1-2-28-24-19(27)16-10-22-17-6-7-18(23-26(16)17)25-11-14(21)9-15(25)12-4-3-5-13(20)8-12/h3-8,10,14-15H,2,9,11H2,1H3,(H,24,27). The second-order valence-corrected chi connectivity index (χ2v) is 6.53. The minimum Gasteiger partial charge on any atom is -0.345 e. The van der Waals surface area contributed by atoms with Gasteiger partial charge in [-0.05, 0) is 36.8 Å². The Labute approximate surface area is 159 Å². The second kappa shape index (κ2) is 7.51. The minimum absolute atomic E-state index is 0.134. The Balaban J connectivity index is 1.70. The van der Waals surface area contributed by atoms with Crippen LogP contribution >= 0.6 is 0 Å². The van der Waals surface area contributed by atoms with Gasteiger partial charge in [0.2, 0.25) is 0 Å². The third-order valence-corrected chi connectivity index (χ3v) is 4.67. The van der Waals surface area contributed by atoms with Gasteiger partial charge in [-0.25, -0.2) is 23.8 Å². The van der Waals surface area contributed by atoms with Crippen molar-refractivity contribution in [1.82, 2.24) is 20.1 Å². The fraction of sp³-hybridized carbons (Fsp3) is 0.316. The first-order valence-electron chi connectivity index (χ1n) is 9.00. The van der Waals surface area contributed by atoms with Crippen molar-refractivity contribution in [3.05, 3.63) is 59.7 Å². The molecule has 7 nitrogen and oxygen atoms in total. The summed E-state index contributed by atoms with van der Waals surface area (Å²) in [7, 11) is 0. The van der Waals surface area contributed by atoms with Crippen LogP contribution in [0.3, 0.4) is 0 Å². The largest absolute Gasteiger partial charge is 0.345 e. The molecule has 1 aromatic carbocycles. The molecule has 2 atom stereocenters. The van der Waals surface area contributed by atoms with Gasteiger partial charge in [0.25, 0.3) is 5.91 Å². The SMILES string of the molecule is CCONC(=O)c1cnc2ccc(N3CC(F)CC3c3cccc(F)c3)nn12. The quantitative estimate of drug-likeness (QED) is 0.682. The van der Waals surface area contributed by atoms with Gasteiger partial charge in [-0.2, -0.15) is 0 Å². The molecule has 0 aliphatic carbocycles. The number of rotatable bonds is 5. The van der Waals surface area contributed by atoms with E-state index in [0.717, 1.165) is 0 Å². The zero-order chi connectivity index (χ0) is 19.7. The van der Waals surface area contributed by atoms with Crippen molar-refractivity contribution >= 4 is 17.4 Å².